The third-order valence-corrected chi connectivity index (χ3v) is 5.02. The highest BCUT2D eigenvalue weighted by molar-refractivity contribution is 4.85. The van der Waals surface area contributed by atoms with E-state index >= 15 is 0 Å². The molecule has 0 amide bonds. The minimum Gasteiger partial charge on any atom is -0.0622 e. The van der Waals surface area contributed by atoms with E-state index in [1.807, 2.05) is 0 Å². The van der Waals surface area contributed by atoms with E-state index in [-0.39, 0.29) is 0 Å². The molecule has 5 unspecified atom stereocenters. The van der Waals surface area contributed by atoms with E-state index in [1.165, 1.54) is 32.1 Å². The zero-order valence-electron chi connectivity index (χ0n) is 9.42. The second kappa shape index (κ2) is 3.63. The van der Waals surface area contributed by atoms with Crippen LogP contribution in [0.3, 0.4) is 0 Å². The Morgan fingerprint density at radius 1 is 0.846 bits per heavy atom. The topological polar surface area (TPSA) is 0 Å². The van der Waals surface area contributed by atoms with Gasteiger partial charge >= 0.3 is 0 Å². The van der Waals surface area contributed by atoms with Gasteiger partial charge in [0.2, 0.25) is 0 Å². The number of hydrogen-bond acceptors (Lipinski definition) is 0. The molecule has 2 fully saturated rings. The zero-order chi connectivity index (χ0) is 9.42. The SMILES string of the molecule is CC1CCC1CCC1CC(C)C1C. The van der Waals surface area contributed by atoms with Crippen LogP contribution in [-0.4, -0.2) is 0 Å². The van der Waals surface area contributed by atoms with Crippen LogP contribution in [0.2, 0.25) is 0 Å². The first-order valence-corrected chi connectivity index (χ1v) is 6.18. The lowest BCUT2D eigenvalue weighted by Gasteiger charge is -2.43. The third-order valence-electron chi connectivity index (χ3n) is 5.02. The smallest absolute Gasteiger partial charge is 0.0383 e. The van der Waals surface area contributed by atoms with Gasteiger partial charge in [0.25, 0.3) is 0 Å². The van der Waals surface area contributed by atoms with E-state index in [1.54, 1.807) is 0 Å². The van der Waals surface area contributed by atoms with Gasteiger partial charge in [-0.15, -0.1) is 0 Å². The summed E-state index contributed by atoms with van der Waals surface area (Å²) in [7, 11) is 0. The Balaban J connectivity index is 1.63. The van der Waals surface area contributed by atoms with Crippen molar-refractivity contribution < 1.29 is 0 Å². The van der Waals surface area contributed by atoms with E-state index in [9.17, 15) is 0 Å². The molecule has 0 saturated heterocycles. The molecule has 2 aliphatic rings. The zero-order valence-corrected chi connectivity index (χ0v) is 9.42. The summed E-state index contributed by atoms with van der Waals surface area (Å²) >= 11 is 0. The second-order valence-electron chi connectivity index (χ2n) is 5.72. The van der Waals surface area contributed by atoms with Gasteiger partial charge in [0, 0.05) is 0 Å². The summed E-state index contributed by atoms with van der Waals surface area (Å²) in [6.07, 6.45) is 7.60. The van der Waals surface area contributed by atoms with Gasteiger partial charge in [-0.3, -0.25) is 0 Å². The van der Waals surface area contributed by atoms with E-state index in [0.717, 1.165) is 29.6 Å². The number of hydrogen-bond donors (Lipinski definition) is 0. The first kappa shape index (κ1) is 9.55. The molecule has 0 heteroatoms. The summed E-state index contributed by atoms with van der Waals surface area (Å²) in [5, 5.41) is 0. The summed E-state index contributed by atoms with van der Waals surface area (Å²) in [5.74, 6) is 5.28. The number of rotatable bonds is 3. The van der Waals surface area contributed by atoms with E-state index in [2.05, 4.69) is 20.8 Å². The molecule has 0 N–H and O–H groups in total. The average molecular weight is 180 g/mol. The Labute approximate surface area is 83.1 Å². The molecule has 0 bridgehead atoms. The van der Waals surface area contributed by atoms with Crippen LogP contribution in [0.4, 0.5) is 0 Å². The highest BCUT2D eigenvalue weighted by atomic mass is 14.4. The molecule has 0 aliphatic heterocycles. The average Bonchev–Trinajstić information content (AvgIpc) is 2.13. The summed E-state index contributed by atoms with van der Waals surface area (Å²) in [6, 6.07) is 0. The fraction of sp³-hybridized carbons (Fsp3) is 1.00. The fourth-order valence-corrected chi connectivity index (χ4v) is 3.15. The van der Waals surface area contributed by atoms with Crippen LogP contribution in [-0.2, 0) is 0 Å². The van der Waals surface area contributed by atoms with Gasteiger partial charge in [-0.1, -0.05) is 27.2 Å². The van der Waals surface area contributed by atoms with Crippen molar-refractivity contribution in [2.45, 2.75) is 52.9 Å². The van der Waals surface area contributed by atoms with Gasteiger partial charge in [-0.25, -0.2) is 0 Å². The first-order chi connectivity index (χ1) is 6.18. The molecule has 13 heavy (non-hydrogen) atoms. The lowest BCUT2D eigenvalue weighted by molar-refractivity contribution is 0.0729. The quantitative estimate of drug-likeness (QED) is 0.613. The van der Waals surface area contributed by atoms with Gasteiger partial charge in [0.15, 0.2) is 0 Å². The normalized spacial score (nSPS) is 49.6. The third kappa shape index (κ3) is 1.78. The maximum Gasteiger partial charge on any atom is -0.0383 e. The molecule has 0 aromatic carbocycles. The molecule has 0 radical (unpaired) electrons. The van der Waals surface area contributed by atoms with Crippen molar-refractivity contribution in [3.63, 3.8) is 0 Å². The predicted octanol–water partition coefficient (Wildman–Crippen LogP) is 4.10. The van der Waals surface area contributed by atoms with Gasteiger partial charge in [-0.05, 0) is 55.3 Å². The van der Waals surface area contributed by atoms with Gasteiger partial charge in [-0.2, -0.15) is 0 Å². The summed E-state index contributed by atoms with van der Waals surface area (Å²) in [4.78, 5) is 0. The molecule has 2 rings (SSSR count). The minimum atomic E-state index is 1.02. The van der Waals surface area contributed by atoms with Crippen molar-refractivity contribution in [2.24, 2.45) is 29.6 Å². The van der Waals surface area contributed by atoms with Gasteiger partial charge < -0.3 is 0 Å². The molecular formula is C13H24. The molecule has 5 atom stereocenters. The lowest BCUT2D eigenvalue weighted by Crippen LogP contribution is -2.33. The Morgan fingerprint density at radius 2 is 1.54 bits per heavy atom. The Hall–Kier alpha value is 0. The van der Waals surface area contributed by atoms with E-state index in [0.29, 0.717) is 0 Å². The van der Waals surface area contributed by atoms with Crippen molar-refractivity contribution in [2.75, 3.05) is 0 Å². The molecule has 0 aromatic heterocycles. The van der Waals surface area contributed by atoms with Crippen LogP contribution >= 0.6 is 0 Å². The largest absolute Gasteiger partial charge is 0.0622 e. The fourth-order valence-electron chi connectivity index (χ4n) is 3.15. The molecule has 76 valence electrons. The Kier molecular flexibility index (Phi) is 2.67. The molecule has 0 aromatic rings. The van der Waals surface area contributed by atoms with Crippen LogP contribution in [0.15, 0.2) is 0 Å². The molecule has 0 nitrogen and oxygen atoms in total. The molecule has 0 spiro atoms. The van der Waals surface area contributed by atoms with Crippen molar-refractivity contribution in [3.8, 4) is 0 Å². The van der Waals surface area contributed by atoms with Crippen LogP contribution in [0.25, 0.3) is 0 Å². The summed E-state index contributed by atoms with van der Waals surface area (Å²) in [5.41, 5.74) is 0. The maximum absolute atomic E-state index is 2.45. The van der Waals surface area contributed by atoms with Crippen LogP contribution in [0, 0.1) is 29.6 Å². The van der Waals surface area contributed by atoms with Gasteiger partial charge in [0.1, 0.15) is 0 Å². The predicted molar refractivity (Wildman–Crippen MR) is 57.6 cm³/mol. The summed E-state index contributed by atoms with van der Waals surface area (Å²) in [6.45, 7) is 7.29. The van der Waals surface area contributed by atoms with Crippen LogP contribution < -0.4 is 0 Å². The highest BCUT2D eigenvalue weighted by Gasteiger charge is 2.35. The highest BCUT2D eigenvalue weighted by Crippen LogP contribution is 2.45. The molecular weight excluding hydrogens is 156 g/mol. The van der Waals surface area contributed by atoms with Gasteiger partial charge in [0.05, 0.1) is 0 Å². The summed E-state index contributed by atoms with van der Waals surface area (Å²) < 4.78 is 0. The van der Waals surface area contributed by atoms with Crippen molar-refractivity contribution in [1.29, 1.82) is 0 Å². The molecule has 2 saturated carbocycles. The monoisotopic (exact) mass is 180 g/mol. The van der Waals surface area contributed by atoms with E-state index in [4.69, 9.17) is 0 Å². The van der Waals surface area contributed by atoms with Crippen molar-refractivity contribution in [3.05, 3.63) is 0 Å². The Morgan fingerprint density at radius 3 is 1.92 bits per heavy atom. The van der Waals surface area contributed by atoms with Crippen LogP contribution in [0.1, 0.15) is 52.9 Å². The molecule has 2 aliphatic carbocycles. The Bertz CT molecular complexity index is 173. The van der Waals surface area contributed by atoms with Crippen LogP contribution in [0.5, 0.6) is 0 Å². The molecule has 0 heterocycles. The second-order valence-corrected chi connectivity index (χ2v) is 5.72. The van der Waals surface area contributed by atoms with Crippen molar-refractivity contribution in [1.82, 2.24) is 0 Å². The maximum atomic E-state index is 2.45. The van der Waals surface area contributed by atoms with Crippen molar-refractivity contribution >= 4 is 0 Å². The lowest BCUT2D eigenvalue weighted by atomic mass is 9.63. The van der Waals surface area contributed by atoms with E-state index < -0.39 is 0 Å². The first-order valence-electron chi connectivity index (χ1n) is 6.18. The minimum absolute atomic E-state index is 1.02. The standard InChI is InChI=1S/C13H24/c1-9-4-5-12(9)6-7-13-8-10(2)11(13)3/h9-13H,4-8H2,1-3H3.